The van der Waals surface area contributed by atoms with Gasteiger partial charge in [0.1, 0.15) is 6.20 Å². The minimum Gasteiger partial charge on any atom is -0.251 e. The van der Waals surface area contributed by atoms with Crippen molar-refractivity contribution in [2.45, 2.75) is 26.3 Å². The lowest BCUT2D eigenvalue weighted by Gasteiger charge is -2.17. The molecule has 1 rings (SSSR count). The third kappa shape index (κ3) is 2.62. The van der Waals surface area contributed by atoms with Crippen molar-refractivity contribution in [3.8, 4) is 0 Å². The van der Waals surface area contributed by atoms with E-state index in [0.717, 1.165) is 0 Å². The summed E-state index contributed by atoms with van der Waals surface area (Å²) in [6, 6.07) is 0. The van der Waals surface area contributed by atoms with Gasteiger partial charge in [-0.25, -0.2) is 4.57 Å². The fourth-order valence-corrected chi connectivity index (χ4v) is 0.904. The van der Waals surface area contributed by atoms with E-state index in [0.29, 0.717) is 0 Å². The standard InChI is InChI=1S/C8H16N3/c1-8(2,3)9-11-6-5-10(4)7-11/h5-7,9H,1-4H3/q+1. The van der Waals surface area contributed by atoms with Crippen LogP contribution in [0.5, 0.6) is 0 Å². The van der Waals surface area contributed by atoms with E-state index in [9.17, 15) is 0 Å². The van der Waals surface area contributed by atoms with Gasteiger partial charge in [-0.05, 0) is 20.8 Å². The molecular formula is C8H16N3+. The fourth-order valence-electron chi connectivity index (χ4n) is 0.904. The first kappa shape index (κ1) is 8.11. The minimum absolute atomic E-state index is 0.117. The van der Waals surface area contributed by atoms with E-state index < -0.39 is 0 Å². The Bertz CT molecular complexity index is 232. The van der Waals surface area contributed by atoms with Crippen LogP contribution in [0.1, 0.15) is 20.8 Å². The van der Waals surface area contributed by atoms with Crippen molar-refractivity contribution in [1.29, 1.82) is 0 Å². The largest absolute Gasteiger partial charge is 0.266 e. The van der Waals surface area contributed by atoms with Crippen LogP contribution in [0.4, 0.5) is 0 Å². The van der Waals surface area contributed by atoms with Crippen LogP contribution in [-0.4, -0.2) is 10.2 Å². The van der Waals surface area contributed by atoms with Crippen LogP contribution in [0, 0.1) is 0 Å². The van der Waals surface area contributed by atoms with Gasteiger partial charge in [0.2, 0.25) is 0 Å². The number of hydrogen-bond acceptors (Lipinski definition) is 1. The predicted molar refractivity (Wildman–Crippen MR) is 44.7 cm³/mol. The Kier molecular flexibility index (Phi) is 1.89. The second-order valence-corrected chi connectivity index (χ2v) is 3.85. The monoisotopic (exact) mass is 154 g/mol. The molecule has 0 spiro atoms. The van der Waals surface area contributed by atoms with Crippen LogP contribution in [0.25, 0.3) is 0 Å². The molecule has 0 saturated heterocycles. The summed E-state index contributed by atoms with van der Waals surface area (Å²) in [5, 5.41) is 0. The summed E-state index contributed by atoms with van der Waals surface area (Å²) in [6.07, 6.45) is 5.98. The number of aromatic nitrogens is 2. The van der Waals surface area contributed by atoms with E-state index >= 15 is 0 Å². The second-order valence-electron chi connectivity index (χ2n) is 3.85. The van der Waals surface area contributed by atoms with Gasteiger partial charge in [-0.15, -0.1) is 4.68 Å². The number of nitrogens with one attached hydrogen (secondary N) is 1. The summed E-state index contributed by atoms with van der Waals surface area (Å²) in [6.45, 7) is 6.40. The van der Waals surface area contributed by atoms with Crippen molar-refractivity contribution in [3.05, 3.63) is 18.7 Å². The molecule has 0 amide bonds. The van der Waals surface area contributed by atoms with Crippen molar-refractivity contribution in [1.82, 2.24) is 4.68 Å². The molecule has 0 aliphatic heterocycles. The zero-order valence-electron chi connectivity index (χ0n) is 7.63. The summed E-state index contributed by atoms with van der Waals surface area (Å²) in [5.41, 5.74) is 3.41. The Balaban J connectivity index is 2.65. The molecule has 0 radical (unpaired) electrons. The highest BCUT2D eigenvalue weighted by Crippen LogP contribution is 2.00. The summed E-state index contributed by atoms with van der Waals surface area (Å²) in [7, 11) is 2.00. The lowest BCUT2D eigenvalue weighted by Crippen LogP contribution is -2.34. The van der Waals surface area contributed by atoms with Gasteiger partial charge >= 0.3 is 0 Å². The molecule has 11 heavy (non-hydrogen) atoms. The van der Waals surface area contributed by atoms with Crippen LogP contribution in [0.15, 0.2) is 18.7 Å². The van der Waals surface area contributed by atoms with Gasteiger partial charge in [0.05, 0.1) is 12.6 Å². The highest BCUT2D eigenvalue weighted by Gasteiger charge is 2.12. The van der Waals surface area contributed by atoms with Gasteiger partial charge < -0.3 is 0 Å². The minimum atomic E-state index is 0.117. The second kappa shape index (κ2) is 2.57. The van der Waals surface area contributed by atoms with Crippen molar-refractivity contribution < 1.29 is 4.57 Å². The predicted octanol–water partition coefficient (Wildman–Crippen LogP) is 0.655. The Morgan fingerprint density at radius 3 is 2.36 bits per heavy atom. The van der Waals surface area contributed by atoms with E-state index in [1.807, 2.05) is 35.0 Å². The molecule has 0 aromatic carbocycles. The van der Waals surface area contributed by atoms with Crippen molar-refractivity contribution >= 4 is 0 Å². The van der Waals surface area contributed by atoms with Crippen molar-refractivity contribution in [3.63, 3.8) is 0 Å². The molecule has 0 atom stereocenters. The van der Waals surface area contributed by atoms with Crippen LogP contribution in [0.2, 0.25) is 0 Å². The van der Waals surface area contributed by atoms with E-state index in [1.165, 1.54) is 0 Å². The first-order chi connectivity index (χ1) is 4.97. The SMILES string of the molecule is C[n+]1ccn(NC(C)(C)C)c1. The van der Waals surface area contributed by atoms with Crippen LogP contribution >= 0.6 is 0 Å². The van der Waals surface area contributed by atoms with E-state index in [-0.39, 0.29) is 5.54 Å². The van der Waals surface area contributed by atoms with Gasteiger partial charge in [0.25, 0.3) is 6.33 Å². The summed E-state index contributed by atoms with van der Waals surface area (Å²) >= 11 is 0. The van der Waals surface area contributed by atoms with E-state index in [4.69, 9.17) is 0 Å². The molecule has 0 unspecified atom stereocenters. The Hall–Kier alpha value is -0.990. The van der Waals surface area contributed by atoms with Gasteiger partial charge in [0.15, 0.2) is 6.20 Å². The number of hydrogen-bond donors (Lipinski definition) is 1. The summed E-state index contributed by atoms with van der Waals surface area (Å²) in [4.78, 5) is 0. The molecule has 1 N–H and O–H groups in total. The fraction of sp³-hybridized carbons (Fsp3) is 0.625. The third-order valence-electron chi connectivity index (χ3n) is 1.23. The molecule has 62 valence electrons. The molecule has 3 nitrogen and oxygen atoms in total. The number of nitrogens with zero attached hydrogens (tertiary/aromatic N) is 2. The smallest absolute Gasteiger partial charge is 0.251 e. The van der Waals surface area contributed by atoms with Gasteiger partial charge in [-0.3, -0.25) is 5.43 Å². The maximum atomic E-state index is 3.30. The van der Waals surface area contributed by atoms with Crippen molar-refractivity contribution in [2.24, 2.45) is 7.05 Å². The topological polar surface area (TPSA) is 20.8 Å². The Morgan fingerprint density at radius 1 is 1.36 bits per heavy atom. The number of aryl methyl sites for hydroxylation is 1. The normalized spacial score (nSPS) is 11.6. The van der Waals surface area contributed by atoms with Gasteiger partial charge in [-0.1, -0.05) is 0 Å². The van der Waals surface area contributed by atoms with Crippen LogP contribution in [0.3, 0.4) is 0 Å². The average Bonchev–Trinajstić information content (AvgIpc) is 2.10. The molecule has 0 aliphatic rings. The maximum Gasteiger partial charge on any atom is 0.266 e. The zero-order valence-corrected chi connectivity index (χ0v) is 7.63. The molecular weight excluding hydrogens is 138 g/mol. The summed E-state index contributed by atoms with van der Waals surface area (Å²) in [5.74, 6) is 0. The molecule has 0 aliphatic carbocycles. The Morgan fingerprint density at radius 2 is 2.00 bits per heavy atom. The molecule has 1 aromatic heterocycles. The highest BCUT2D eigenvalue weighted by atomic mass is 15.4. The highest BCUT2D eigenvalue weighted by molar-refractivity contribution is 4.87. The Labute approximate surface area is 67.6 Å². The van der Waals surface area contributed by atoms with Gasteiger partial charge in [-0.2, -0.15) is 0 Å². The zero-order chi connectivity index (χ0) is 8.48. The molecule has 1 aromatic rings. The van der Waals surface area contributed by atoms with Crippen LogP contribution < -0.4 is 9.99 Å². The van der Waals surface area contributed by atoms with Gasteiger partial charge in [0, 0.05) is 0 Å². The molecule has 0 bridgehead atoms. The first-order valence-electron chi connectivity index (χ1n) is 3.79. The van der Waals surface area contributed by atoms with E-state index in [2.05, 4.69) is 26.2 Å². The first-order valence-corrected chi connectivity index (χ1v) is 3.79. The molecule has 3 heteroatoms. The average molecular weight is 154 g/mol. The molecule has 0 fully saturated rings. The quantitative estimate of drug-likeness (QED) is 0.589. The number of imidazole rings is 1. The molecule has 1 heterocycles. The lowest BCUT2D eigenvalue weighted by atomic mass is 10.1. The third-order valence-corrected chi connectivity index (χ3v) is 1.23. The summed E-state index contributed by atoms with van der Waals surface area (Å²) < 4.78 is 3.96. The maximum absolute atomic E-state index is 3.30. The van der Waals surface area contributed by atoms with Crippen molar-refractivity contribution in [2.75, 3.05) is 5.43 Å². The lowest BCUT2D eigenvalue weighted by molar-refractivity contribution is -0.670. The molecule has 0 saturated carbocycles. The van der Waals surface area contributed by atoms with E-state index in [1.54, 1.807) is 0 Å². The number of rotatable bonds is 1. The van der Waals surface area contributed by atoms with Crippen LogP contribution in [-0.2, 0) is 7.05 Å².